The molecule has 0 fully saturated rings. The summed E-state index contributed by atoms with van der Waals surface area (Å²) in [5.74, 6) is -0.416. The lowest BCUT2D eigenvalue weighted by atomic mass is 10.1. The standard InChI is InChI=1S/C21H41NO5S.H3N/c1-3-5-6-7-8-9-10-11-12-13-14-15-16-17-18-19-20(23)21(22)27-28(24,25)26-4-2;/h11-12,21H,3-10,13-19,22H2,1-2H3;1H3/b12-11-;. The molecule has 1 atom stereocenters. The van der Waals surface area contributed by atoms with Crippen LogP contribution in [0.15, 0.2) is 12.2 Å². The maximum absolute atomic E-state index is 11.8. The van der Waals surface area contributed by atoms with Crippen LogP contribution < -0.4 is 11.9 Å². The van der Waals surface area contributed by atoms with Crippen LogP contribution in [0, 0.1) is 0 Å². The van der Waals surface area contributed by atoms with E-state index < -0.39 is 22.4 Å². The van der Waals surface area contributed by atoms with Gasteiger partial charge in [-0.15, -0.1) is 0 Å². The molecule has 8 heteroatoms. The predicted octanol–water partition coefficient (Wildman–Crippen LogP) is 5.34. The van der Waals surface area contributed by atoms with E-state index in [-0.39, 0.29) is 19.2 Å². The molecule has 0 bridgehead atoms. The number of nitrogens with two attached hydrogens (primary N) is 1. The summed E-state index contributed by atoms with van der Waals surface area (Å²) in [5, 5.41) is 0. The number of Topliss-reactive ketones (excluding diaryl/α,β-unsaturated/α-hetero) is 1. The monoisotopic (exact) mass is 436 g/mol. The third-order valence-corrected chi connectivity index (χ3v) is 5.45. The molecule has 0 radical (unpaired) electrons. The van der Waals surface area contributed by atoms with Gasteiger partial charge in [0.2, 0.25) is 0 Å². The Bertz CT molecular complexity index is 509. The Kier molecular flexibility index (Phi) is 21.5. The topological polar surface area (TPSA) is 131 Å². The number of hydrogen-bond acceptors (Lipinski definition) is 7. The van der Waals surface area contributed by atoms with Crippen LogP contribution in [0.4, 0.5) is 0 Å². The van der Waals surface area contributed by atoms with Gasteiger partial charge in [0.15, 0.2) is 12.0 Å². The van der Waals surface area contributed by atoms with E-state index in [1.165, 1.54) is 51.9 Å². The van der Waals surface area contributed by atoms with Gasteiger partial charge in [0.1, 0.15) is 0 Å². The molecule has 0 aliphatic heterocycles. The fourth-order valence-electron chi connectivity index (χ4n) is 2.86. The normalized spacial score (nSPS) is 12.8. The van der Waals surface area contributed by atoms with E-state index in [1.807, 2.05) is 0 Å². The summed E-state index contributed by atoms with van der Waals surface area (Å²) in [6, 6.07) is 0. The Labute approximate surface area is 178 Å². The van der Waals surface area contributed by atoms with Crippen molar-refractivity contribution in [1.29, 1.82) is 0 Å². The molecule has 29 heavy (non-hydrogen) atoms. The van der Waals surface area contributed by atoms with Gasteiger partial charge in [-0.1, -0.05) is 70.4 Å². The van der Waals surface area contributed by atoms with Gasteiger partial charge < -0.3 is 6.15 Å². The molecule has 0 aromatic heterocycles. The van der Waals surface area contributed by atoms with Crippen molar-refractivity contribution in [1.82, 2.24) is 6.15 Å². The summed E-state index contributed by atoms with van der Waals surface area (Å²) in [7, 11) is -4.19. The van der Waals surface area contributed by atoms with Crippen LogP contribution in [0.25, 0.3) is 0 Å². The first-order valence-electron chi connectivity index (χ1n) is 10.9. The second-order valence-corrected chi connectivity index (χ2v) is 8.38. The van der Waals surface area contributed by atoms with Crippen LogP contribution in [-0.4, -0.2) is 27.0 Å². The summed E-state index contributed by atoms with van der Waals surface area (Å²) in [6.45, 7) is 3.70. The summed E-state index contributed by atoms with van der Waals surface area (Å²) in [4.78, 5) is 11.8. The van der Waals surface area contributed by atoms with E-state index in [9.17, 15) is 13.2 Å². The van der Waals surface area contributed by atoms with Gasteiger partial charge in [-0.2, -0.15) is 8.42 Å². The molecule has 0 saturated carbocycles. The molecule has 0 spiro atoms. The van der Waals surface area contributed by atoms with Crippen LogP contribution in [0.3, 0.4) is 0 Å². The van der Waals surface area contributed by atoms with Crippen molar-refractivity contribution < 1.29 is 21.6 Å². The maximum atomic E-state index is 11.8. The molecule has 1 unspecified atom stereocenters. The van der Waals surface area contributed by atoms with E-state index in [0.29, 0.717) is 6.42 Å². The average molecular weight is 437 g/mol. The number of rotatable bonds is 20. The van der Waals surface area contributed by atoms with Gasteiger partial charge in [0, 0.05) is 6.42 Å². The molecule has 0 aromatic carbocycles. The molecule has 7 nitrogen and oxygen atoms in total. The van der Waals surface area contributed by atoms with E-state index in [4.69, 9.17) is 5.73 Å². The second kappa shape index (κ2) is 20.5. The Morgan fingerprint density at radius 1 is 0.862 bits per heavy atom. The average Bonchev–Trinajstić information content (AvgIpc) is 2.64. The van der Waals surface area contributed by atoms with Gasteiger partial charge in [-0.25, -0.2) is 8.37 Å². The zero-order valence-corrected chi connectivity index (χ0v) is 19.4. The van der Waals surface area contributed by atoms with Gasteiger partial charge in [0.25, 0.3) is 0 Å². The fourth-order valence-corrected chi connectivity index (χ4v) is 3.57. The van der Waals surface area contributed by atoms with Crippen molar-refractivity contribution in [2.24, 2.45) is 5.73 Å². The van der Waals surface area contributed by atoms with Crippen LogP contribution in [0.2, 0.25) is 0 Å². The minimum absolute atomic E-state index is 0. The van der Waals surface area contributed by atoms with E-state index in [2.05, 4.69) is 27.4 Å². The Balaban J connectivity index is 0. The van der Waals surface area contributed by atoms with Crippen molar-refractivity contribution >= 4 is 16.2 Å². The first-order valence-corrected chi connectivity index (χ1v) is 12.3. The van der Waals surface area contributed by atoms with Crippen LogP contribution >= 0.6 is 0 Å². The zero-order chi connectivity index (χ0) is 21.1. The van der Waals surface area contributed by atoms with E-state index >= 15 is 0 Å². The summed E-state index contributed by atoms with van der Waals surface area (Å²) in [5.41, 5.74) is 5.46. The van der Waals surface area contributed by atoms with Crippen molar-refractivity contribution in [2.45, 2.75) is 110 Å². The summed E-state index contributed by atoms with van der Waals surface area (Å²) in [6.07, 6.45) is 18.7. The number of hydrogen-bond donors (Lipinski definition) is 2. The number of unbranched alkanes of at least 4 members (excludes halogenated alkanes) is 11. The fraction of sp³-hybridized carbons (Fsp3) is 0.857. The lowest BCUT2D eigenvalue weighted by molar-refractivity contribution is -0.125. The molecule has 0 aromatic rings. The van der Waals surface area contributed by atoms with Gasteiger partial charge in [-0.05, 0) is 39.0 Å². The van der Waals surface area contributed by atoms with Crippen molar-refractivity contribution in [3.63, 3.8) is 0 Å². The zero-order valence-electron chi connectivity index (χ0n) is 18.6. The largest absolute Gasteiger partial charge is 0.401 e. The molecule has 0 amide bonds. The Morgan fingerprint density at radius 3 is 1.86 bits per heavy atom. The summed E-state index contributed by atoms with van der Waals surface area (Å²) < 4.78 is 31.4. The minimum Gasteiger partial charge on any atom is -0.344 e. The minimum atomic E-state index is -4.19. The molecule has 174 valence electrons. The third-order valence-electron chi connectivity index (χ3n) is 4.49. The Hall–Kier alpha value is -0.800. The lowest BCUT2D eigenvalue weighted by Crippen LogP contribution is -2.36. The second-order valence-electron chi connectivity index (χ2n) is 7.13. The third kappa shape index (κ3) is 20.3. The van der Waals surface area contributed by atoms with Gasteiger partial charge in [0.05, 0.1) is 6.61 Å². The van der Waals surface area contributed by atoms with E-state index in [1.54, 1.807) is 0 Å². The highest BCUT2D eigenvalue weighted by Gasteiger charge is 2.22. The van der Waals surface area contributed by atoms with Crippen molar-refractivity contribution in [2.75, 3.05) is 6.61 Å². The highest BCUT2D eigenvalue weighted by Crippen LogP contribution is 2.11. The van der Waals surface area contributed by atoms with Crippen LogP contribution in [-0.2, 0) is 23.6 Å². The van der Waals surface area contributed by atoms with Crippen molar-refractivity contribution in [3.8, 4) is 0 Å². The molecular weight excluding hydrogens is 392 g/mol. The molecule has 0 heterocycles. The first kappa shape index (κ1) is 30.4. The molecule has 0 aliphatic carbocycles. The molecule has 5 N–H and O–H groups in total. The number of carbonyl (C=O) groups excluding carboxylic acids is 1. The Morgan fingerprint density at radius 2 is 1.34 bits per heavy atom. The van der Waals surface area contributed by atoms with Gasteiger partial charge in [-0.3, -0.25) is 10.5 Å². The number of carbonyl (C=O) groups is 1. The van der Waals surface area contributed by atoms with Crippen LogP contribution in [0.5, 0.6) is 0 Å². The number of ketones is 1. The van der Waals surface area contributed by atoms with Crippen LogP contribution in [0.1, 0.15) is 104 Å². The van der Waals surface area contributed by atoms with Crippen molar-refractivity contribution in [3.05, 3.63) is 12.2 Å². The smallest absolute Gasteiger partial charge is 0.344 e. The quantitative estimate of drug-likeness (QED) is 0.150. The SMILES string of the molecule is CCCCCCCC/C=C\CCCCCCCC(=O)C(N)OS(=O)(=O)OCC.N. The highest BCUT2D eigenvalue weighted by atomic mass is 32.3. The molecule has 0 aliphatic rings. The predicted molar refractivity (Wildman–Crippen MR) is 119 cm³/mol. The highest BCUT2D eigenvalue weighted by molar-refractivity contribution is 7.81. The lowest BCUT2D eigenvalue weighted by Gasteiger charge is -2.11. The molecule has 0 saturated heterocycles. The first-order chi connectivity index (χ1) is 13.4. The van der Waals surface area contributed by atoms with Gasteiger partial charge >= 0.3 is 10.4 Å². The van der Waals surface area contributed by atoms with E-state index in [0.717, 1.165) is 32.1 Å². The molecule has 0 rings (SSSR count). The maximum Gasteiger partial charge on any atom is 0.401 e. The number of allylic oxidation sites excluding steroid dienone is 2. The molecular formula is C21H44N2O5S. The summed E-state index contributed by atoms with van der Waals surface area (Å²) >= 11 is 0.